The summed E-state index contributed by atoms with van der Waals surface area (Å²) in [6.45, 7) is -0.721. The van der Waals surface area contributed by atoms with Gasteiger partial charge in [-0.2, -0.15) is 0 Å². The molecule has 0 saturated carbocycles. The molecule has 2 heterocycles. The molecule has 5 atom stereocenters. The minimum Gasteiger partial charge on any atom is -0.394 e. The van der Waals surface area contributed by atoms with Crippen LogP contribution in [-0.4, -0.2) is 51.1 Å². The van der Waals surface area contributed by atoms with E-state index < -0.39 is 50.7 Å². The maximum Gasteiger partial charge on any atom is 0.695 e. The molecule has 11 heteroatoms. The summed E-state index contributed by atoms with van der Waals surface area (Å²) >= 11 is 0. The second-order valence-electron chi connectivity index (χ2n) is 4.55. The summed E-state index contributed by atoms with van der Waals surface area (Å²) in [4.78, 5) is 34.0. The molecule has 1 aromatic rings. The van der Waals surface area contributed by atoms with Crippen LogP contribution in [0.5, 0.6) is 0 Å². The topological polar surface area (TPSA) is 140 Å². The maximum absolute atomic E-state index is 11.9. The Morgan fingerprint density at radius 2 is 2.22 bits per heavy atom. The Balaban J connectivity index is 2.39. The lowest BCUT2D eigenvalue weighted by molar-refractivity contribution is -0.0676. The van der Waals surface area contributed by atoms with Crippen LogP contribution in [0, 0.1) is 12.3 Å². The molecule has 23 heavy (non-hydrogen) atoms. The lowest BCUT2D eigenvalue weighted by Crippen LogP contribution is -2.40. The Labute approximate surface area is 130 Å². The third-order valence-electron chi connectivity index (χ3n) is 3.16. The van der Waals surface area contributed by atoms with E-state index in [0.29, 0.717) is 0 Å². The zero-order valence-electron chi connectivity index (χ0n) is 11.7. The highest BCUT2D eigenvalue weighted by atomic mass is 31.1. The van der Waals surface area contributed by atoms with Gasteiger partial charge in [-0.3, -0.25) is 14.3 Å². The number of aromatic amines is 1. The molecule has 0 radical (unpaired) electrons. The monoisotopic (exact) mass is 345 g/mol. The van der Waals surface area contributed by atoms with Gasteiger partial charge < -0.3 is 14.6 Å². The standard InChI is InChI=1S/C12H13N2O8P/c1-2-5-20-10-9(22-23(18)19)7(6-15)21-11(10)14-4-3-8(16)13-12(14)17/h1,3-4,7,9-11,15H,5-6H2,(H-,13,16,17,18,19)/p+1. The normalized spacial score (nSPS) is 27.6. The van der Waals surface area contributed by atoms with Gasteiger partial charge in [-0.25, -0.2) is 4.79 Å². The highest BCUT2D eigenvalue weighted by molar-refractivity contribution is 7.32. The van der Waals surface area contributed by atoms with Crippen molar-refractivity contribution in [3.05, 3.63) is 33.1 Å². The fourth-order valence-corrected chi connectivity index (χ4v) is 2.72. The number of nitrogens with one attached hydrogen (secondary N) is 1. The molecule has 0 aliphatic carbocycles. The molecule has 3 N–H and O–H groups in total. The molecule has 10 nitrogen and oxygen atoms in total. The van der Waals surface area contributed by atoms with Crippen LogP contribution in [0.2, 0.25) is 0 Å². The summed E-state index contributed by atoms with van der Waals surface area (Å²) in [5, 5.41) is 9.35. The van der Waals surface area contributed by atoms with Gasteiger partial charge in [0, 0.05) is 16.8 Å². The third kappa shape index (κ3) is 3.92. The summed E-state index contributed by atoms with van der Waals surface area (Å²) in [6, 6.07) is 1.09. The maximum atomic E-state index is 11.9. The van der Waals surface area contributed by atoms with E-state index in [1.165, 1.54) is 6.20 Å². The van der Waals surface area contributed by atoms with Crippen LogP contribution in [0.3, 0.4) is 0 Å². The molecular weight excluding hydrogens is 331 g/mol. The van der Waals surface area contributed by atoms with E-state index in [4.69, 9.17) is 25.3 Å². The molecule has 0 aromatic carbocycles. The molecule has 1 aromatic heterocycles. The Morgan fingerprint density at radius 3 is 2.78 bits per heavy atom. The van der Waals surface area contributed by atoms with Crippen molar-refractivity contribution in [1.29, 1.82) is 0 Å². The van der Waals surface area contributed by atoms with Gasteiger partial charge in [0.1, 0.15) is 18.8 Å². The summed E-state index contributed by atoms with van der Waals surface area (Å²) < 4.78 is 27.7. The quantitative estimate of drug-likeness (QED) is 0.417. The molecule has 1 aliphatic rings. The van der Waals surface area contributed by atoms with Crippen LogP contribution >= 0.6 is 8.25 Å². The molecule has 0 bridgehead atoms. The van der Waals surface area contributed by atoms with Crippen molar-refractivity contribution in [2.24, 2.45) is 0 Å². The minimum absolute atomic E-state index is 0.178. The smallest absolute Gasteiger partial charge is 0.394 e. The summed E-state index contributed by atoms with van der Waals surface area (Å²) in [7, 11) is -3.00. The largest absolute Gasteiger partial charge is 0.695 e. The fraction of sp³-hybridized carbons (Fsp3) is 0.500. The van der Waals surface area contributed by atoms with Crippen LogP contribution in [0.1, 0.15) is 6.23 Å². The number of hydrogen-bond acceptors (Lipinski definition) is 7. The molecule has 0 spiro atoms. The number of nitrogens with zero attached hydrogens (tertiary/aromatic N) is 1. The Hall–Kier alpha value is -1.86. The van der Waals surface area contributed by atoms with Crippen molar-refractivity contribution < 1.29 is 28.6 Å². The number of aliphatic hydroxyl groups is 1. The molecule has 0 amide bonds. The Bertz CT molecular complexity index is 723. The first-order valence-electron chi connectivity index (χ1n) is 6.43. The SMILES string of the molecule is C#CCOC1C(O[P+](=O)O)C(CO)OC1n1ccc(=O)[nH]c1=O. The third-order valence-corrected chi connectivity index (χ3v) is 3.59. The van der Waals surface area contributed by atoms with E-state index in [0.717, 1.165) is 10.6 Å². The second-order valence-corrected chi connectivity index (χ2v) is 5.24. The molecule has 1 saturated heterocycles. The van der Waals surface area contributed by atoms with Crippen LogP contribution < -0.4 is 11.2 Å². The number of H-pyrrole nitrogens is 1. The predicted octanol–water partition coefficient (Wildman–Crippen LogP) is -1.52. The summed E-state index contributed by atoms with van der Waals surface area (Å²) in [6.07, 6.45) is 2.00. The summed E-state index contributed by atoms with van der Waals surface area (Å²) in [5.74, 6) is 2.22. The van der Waals surface area contributed by atoms with Gasteiger partial charge in [-0.1, -0.05) is 5.92 Å². The van der Waals surface area contributed by atoms with Gasteiger partial charge in [0.05, 0.1) is 6.61 Å². The van der Waals surface area contributed by atoms with E-state index in [1.54, 1.807) is 0 Å². The molecule has 5 unspecified atom stereocenters. The highest BCUT2D eigenvalue weighted by Gasteiger charge is 2.51. The van der Waals surface area contributed by atoms with E-state index in [9.17, 15) is 19.3 Å². The van der Waals surface area contributed by atoms with Crippen molar-refractivity contribution >= 4 is 8.25 Å². The first-order valence-corrected chi connectivity index (χ1v) is 7.56. The lowest BCUT2D eigenvalue weighted by atomic mass is 10.1. The van der Waals surface area contributed by atoms with Crippen molar-refractivity contribution in [3.8, 4) is 12.3 Å². The Morgan fingerprint density at radius 1 is 1.48 bits per heavy atom. The van der Waals surface area contributed by atoms with Crippen molar-refractivity contribution in [3.63, 3.8) is 0 Å². The van der Waals surface area contributed by atoms with Gasteiger partial charge in [-0.05, 0) is 0 Å². The average Bonchev–Trinajstić information content (AvgIpc) is 2.82. The van der Waals surface area contributed by atoms with Crippen LogP contribution in [-0.2, 0) is 18.6 Å². The second kappa shape index (κ2) is 7.61. The van der Waals surface area contributed by atoms with Gasteiger partial charge in [-0.15, -0.1) is 15.8 Å². The molecule has 1 fully saturated rings. The van der Waals surface area contributed by atoms with Gasteiger partial charge >= 0.3 is 13.9 Å². The highest BCUT2D eigenvalue weighted by Crippen LogP contribution is 2.36. The number of rotatable bonds is 6. The van der Waals surface area contributed by atoms with E-state index in [-0.39, 0.29) is 6.61 Å². The first kappa shape index (κ1) is 17.5. The Kier molecular flexibility index (Phi) is 5.79. The van der Waals surface area contributed by atoms with Crippen molar-refractivity contribution in [1.82, 2.24) is 9.55 Å². The number of hydrogen-bond donors (Lipinski definition) is 3. The van der Waals surface area contributed by atoms with Crippen LogP contribution in [0.15, 0.2) is 21.9 Å². The van der Waals surface area contributed by atoms with E-state index >= 15 is 0 Å². The molecule has 124 valence electrons. The van der Waals surface area contributed by atoms with Crippen molar-refractivity contribution in [2.75, 3.05) is 13.2 Å². The van der Waals surface area contributed by atoms with Gasteiger partial charge in [0.2, 0.25) is 0 Å². The van der Waals surface area contributed by atoms with E-state index in [2.05, 4.69) is 5.92 Å². The number of aromatic nitrogens is 2. The lowest BCUT2D eigenvalue weighted by Gasteiger charge is -2.20. The number of terminal acetylenes is 1. The van der Waals surface area contributed by atoms with Crippen LogP contribution in [0.25, 0.3) is 0 Å². The average molecular weight is 345 g/mol. The van der Waals surface area contributed by atoms with Crippen LogP contribution in [0.4, 0.5) is 0 Å². The first-order chi connectivity index (χ1) is 11.0. The van der Waals surface area contributed by atoms with Gasteiger partial charge in [0.25, 0.3) is 5.56 Å². The minimum atomic E-state index is -3.00. The van der Waals surface area contributed by atoms with E-state index in [1.807, 2.05) is 4.98 Å². The number of aliphatic hydroxyl groups excluding tert-OH is 1. The van der Waals surface area contributed by atoms with Gasteiger partial charge in [0.15, 0.2) is 12.3 Å². The predicted molar refractivity (Wildman–Crippen MR) is 75.6 cm³/mol. The molecular formula is C12H14N2O8P+. The van der Waals surface area contributed by atoms with Crippen molar-refractivity contribution in [2.45, 2.75) is 24.5 Å². The zero-order valence-corrected chi connectivity index (χ0v) is 12.6. The zero-order chi connectivity index (χ0) is 17.0. The number of ether oxygens (including phenoxy) is 2. The summed E-state index contributed by atoms with van der Waals surface area (Å²) in [5.41, 5.74) is -1.38. The fourth-order valence-electron chi connectivity index (χ4n) is 2.26. The molecule has 2 rings (SSSR count). The molecule has 1 aliphatic heterocycles.